The van der Waals surface area contributed by atoms with Gasteiger partial charge in [0.15, 0.2) is 0 Å². The summed E-state index contributed by atoms with van der Waals surface area (Å²) < 4.78 is 2.24. The summed E-state index contributed by atoms with van der Waals surface area (Å²) in [5, 5.41) is 12.5. The zero-order valence-corrected chi connectivity index (χ0v) is 17.0. The maximum Gasteiger partial charge on any atom is 0.253 e. The van der Waals surface area contributed by atoms with Crippen LogP contribution in [0.5, 0.6) is 0 Å². The molecule has 7 nitrogen and oxygen atoms in total. The van der Waals surface area contributed by atoms with Gasteiger partial charge < -0.3 is 19.7 Å². The van der Waals surface area contributed by atoms with Crippen molar-refractivity contribution in [1.29, 1.82) is 0 Å². The van der Waals surface area contributed by atoms with Gasteiger partial charge in [0.1, 0.15) is 11.6 Å². The van der Waals surface area contributed by atoms with Crippen LogP contribution in [0.3, 0.4) is 0 Å². The van der Waals surface area contributed by atoms with Crippen LogP contribution < -0.4 is 10.2 Å². The third kappa shape index (κ3) is 3.75. The number of carbonyl (C=O) groups excluding carboxylic acids is 1. The highest BCUT2D eigenvalue weighted by Gasteiger charge is 2.26. The largest absolute Gasteiger partial charge is 0.372 e. The molecule has 3 aliphatic heterocycles. The molecule has 1 aromatic heterocycles. The van der Waals surface area contributed by atoms with E-state index in [9.17, 15) is 4.79 Å². The average Bonchev–Trinajstić information content (AvgIpc) is 3.41. The molecule has 29 heavy (non-hydrogen) atoms. The van der Waals surface area contributed by atoms with E-state index >= 15 is 0 Å². The number of amides is 1. The lowest BCUT2D eigenvalue weighted by Gasteiger charge is -2.24. The molecule has 0 spiro atoms. The molecule has 154 valence electrons. The maximum absolute atomic E-state index is 13.1. The molecule has 0 radical (unpaired) electrons. The number of carbonyl (C=O) groups is 1. The van der Waals surface area contributed by atoms with Gasteiger partial charge in [-0.05, 0) is 56.5 Å². The molecule has 1 N–H and O–H groups in total. The Kier molecular flexibility index (Phi) is 5.23. The molecule has 0 unspecified atom stereocenters. The monoisotopic (exact) mass is 394 g/mol. The van der Waals surface area contributed by atoms with Crippen molar-refractivity contribution in [3.63, 3.8) is 0 Å². The van der Waals surface area contributed by atoms with Crippen molar-refractivity contribution in [2.24, 2.45) is 0 Å². The SMILES string of the molecule is O=C(c1ccc(N2CCCC2)cc1)N1CCc2nnc([C@H]3CCCCN3)n2CC1. The van der Waals surface area contributed by atoms with Gasteiger partial charge in [0.25, 0.3) is 5.91 Å². The second kappa shape index (κ2) is 8.14. The predicted octanol–water partition coefficient (Wildman–Crippen LogP) is 2.39. The fraction of sp³-hybridized carbons (Fsp3) is 0.591. The number of nitrogens with one attached hydrogen (secondary N) is 1. The molecule has 1 aromatic carbocycles. The lowest BCUT2D eigenvalue weighted by atomic mass is 10.0. The van der Waals surface area contributed by atoms with E-state index in [0.717, 1.165) is 56.2 Å². The van der Waals surface area contributed by atoms with Gasteiger partial charge in [0.05, 0.1) is 6.04 Å². The zero-order valence-electron chi connectivity index (χ0n) is 17.0. The number of rotatable bonds is 3. The maximum atomic E-state index is 13.1. The summed E-state index contributed by atoms with van der Waals surface area (Å²) in [6.45, 7) is 5.47. The van der Waals surface area contributed by atoms with Gasteiger partial charge in [0.2, 0.25) is 0 Å². The quantitative estimate of drug-likeness (QED) is 0.866. The summed E-state index contributed by atoms with van der Waals surface area (Å²) in [7, 11) is 0. The van der Waals surface area contributed by atoms with Crippen molar-refractivity contribution < 1.29 is 4.79 Å². The van der Waals surface area contributed by atoms with E-state index in [1.54, 1.807) is 0 Å². The smallest absolute Gasteiger partial charge is 0.253 e. The van der Waals surface area contributed by atoms with Gasteiger partial charge in [-0.2, -0.15) is 0 Å². The highest BCUT2D eigenvalue weighted by molar-refractivity contribution is 5.94. The van der Waals surface area contributed by atoms with E-state index in [2.05, 4.69) is 37.1 Å². The van der Waals surface area contributed by atoms with E-state index < -0.39 is 0 Å². The lowest BCUT2D eigenvalue weighted by Crippen LogP contribution is -2.34. The Balaban J connectivity index is 1.26. The highest BCUT2D eigenvalue weighted by Crippen LogP contribution is 2.24. The van der Waals surface area contributed by atoms with Gasteiger partial charge in [0, 0.05) is 50.4 Å². The first kappa shape index (κ1) is 18.6. The molecule has 4 heterocycles. The average molecular weight is 395 g/mol. The number of nitrogens with zero attached hydrogens (tertiary/aromatic N) is 5. The first-order chi connectivity index (χ1) is 14.3. The van der Waals surface area contributed by atoms with Crippen LogP contribution in [-0.4, -0.2) is 58.3 Å². The van der Waals surface area contributed by atoms with Crippen LogP contribution in [0.2, 0.25) is 0 Å². The van der Waals surface area contributed by atoms with Crippen LogP contribution in [0.1, 0.15) is 60.2 Å². The number of fused-ring (bicyclic) bond motifs is 1. The topological polar surface area (TPSA) is 66.3 Å². The molecule has 0 aliphatic carbocycles. The Bertz CT molecular complexity index is 849. The number of anilines is 1. The minimum absolute atomic E-state index is 0.119. The molecule has 2 aromatic rings. The summed E-state index contributed by atoms with van der Waals surface area (Å²) in [6, 6.07) is 8.46. The van der Waals surface area contributed by atoms with E-state index in [0.29, 0.717) is 19.1 Å². The summed E-state index contributed by atoms with van der Waals surface area (Å²) in [6.07, 6.45) is 6.86. The molecule has 0 bridgehead atoms. The summed E-state index contributed by atoms with van der Waals surface area (Å²) in [4.78, 5) is 17.5. The highest BCUT2D eigenvalue weighted by atomic mass is 16.2. The van der Waals surface area contributed by atoms with Crippen LogP contribution >= 0.6 is 0 Å². The Labute approximate surface area is 172 Å². The lowest BCUT2D eigenvalue weighted by molar-refractivity contribution is 0.0758. The molecular formula is C22H30N6O. The Morgan fingerprint density at radius 3 is 2.52 bits per heavy atom. The summed E-state index contributed by atoms with van der Waals surface area (Å²) in [5.41, 5.74) is 2.01. The van der Waals surface area contributed by atoms with Crippen molar-refractivity contribution in [1.82, 2.24) is 25.0 Å². The van der Waals surface area contributed by atoms with E-state index in [-0.39, 0.29) is 5.91 Å². The second-order valence-electron chi connectivity index (χ2n) is 8.41. The molecule has 0 saturated carbocycles. The molecule has 3 aliphatic rings. The van der Waals surface area contributed by atoms with Crippen molar-refractivity contribution >= 4 is 11.6 Å². The van der Waals surface area contributed by atoms with Crippen molar-refractivity contribution in [3.8, 4) is 0 Å². The molecule has 1 amide bonds. The summed E-state index contributed by atoms with van der Waals surface area (Å²) in [5.74, 6) is 2.17. The normalized spacial score (nSPS) is 22.4. The van der Waals surface area contributed by atoms with E-state index in [1.807, 2.05) is 17.0 Å². The van der Waals surface area contributed by atoms with Gasteiger partial charge in [-0.15, -0.1) is 10.2 Å². The standard InChI is InChI=1S/C22H30N6O/c29-22(17-6-8-18(9-7-17)26-12-3-4-13-26)27-14-10-20-24-25-21(28(20)16-15-27)19-5-1-2-11-23-19/h6-9,19,23H,1-5,10-16H2/t19-/m1/s1. The van der Waals surface area contributed by atoms with Gasteiger partial charge >= 0.3 is 0 Å². The van der Waals surface area contributed by atoms with Crippen LogP contribution in [0.15, 0.2) is 24.3 Å². The minimum atomic E-state index is 0.119. The van der Waals surface area contributed by atoms with Crippen molar-refractivity contribution in [3.05, 3.63) is 41.5 Å². The third-order valence-electron chi connectivity index (χ3n) is 6.55. The first-order valence-corrected chi connectivity index (χ1v) is 11.1. The van der Waals surface area contributed by atoms with Crippen LogP contribution in [0, 0.1) is 0 Å². The first-order valence-electron chi connectivity index (χ1n) is 11.1. The fourth-order valence-electron chi connectivity index (χ4n) is 4.85. The van der Waals surface area contributed by atoms with Gasteiger partial charge in [-0.25, -0.2) is 0 Å². The molecule has 2 saturated heterocycles. The van der Waals surface area contributed by atoms with E-state index in [1.165, 1.54) is 31.4 Å². The molecule has 1 atom stereocenters. The predicted molar refractivity (Wildman–Crippen MR) is 112 cm³/mol. The Hall–Kier alpha value is -2.41. The number of aromatic nitrogens is 3. The number of hydrogen-bond donors (Lipinski definition) is 1. The number of hydrogen-bond acceptors (Lipinski definition) is 5. The Morgan fingerprint density at radius 1 is 0.931 bits per heavy atom. The molecule has 2 fully saturated rings. The summed E-state index contributed by atoms with van der Waals surface area (Å²) >= 11 is 0. The zero-order chi connectivity index (χ0) is 19.6. The molecule has 5 rings (SSSR count). The van der Waals surface area contributed by atoms with Crippen LogP contribution in [-0.2, 0) is 13.0 Å². The molecule has 7 heteroatoms. The third-order valence-corrected chi connectivity index (χ3v) is 6.55. The van der Waals surface area contributed by atoms with Gasteiger partial charge in [-0.1, -0.05) is 6.42 Å². The van der Waals surface area contributed by atoms with Gasteiger partial charge in [-0.3, -0.25) is 4.79 Å². The van der Waals surface area contributed by atoms with Crippen LogP contribution in [0.25, 0.3) is 0 Å². The van der Waals surface area contributed by atoms with Crippen LogP contribution in [0.4, 0.5) is 5.69 Å². The minimum Gasteiger partial charge on any atom is -0.372 e. The van der Waals surface area contributed by atoms with Crippen molar-refractivity contribution in [2.75, 3.05) is 37.6 Å². The Morgan fingerprint density at radius 2 is 1.76 bits per heavy atom. The van der Waals surface area contributed by atoms with E-state index in [4.69, 9.17) is 0 Å². The van der Waals surface area contributed by atoms with Crippen molar-refractivity contribution in [2.45, 2.75) is 51.1 Å². The number of piperidine rings is 1. The fourth-order valence-corrected chi connectivity index (χ4v) is 4.85. The second-order valence-corrected chi connectivity index (χ2v) is 8.41. The number of benzene rings is 1. The molecular weight excluding hydrogens is 364 g/mol.